The summed E-state index contributed by atoms with van der Waals surface area (Å²) in [5.41, 5.74) is 0.839. The molecule has 0 saturated carbocycles. The maximum atomic E-state index is 12.1. The number of anilines is 1. The summed E-state index contributed by atoms with van der Waals surface area (Å²) in [6.07, 6.45) is 0.395. The molecule has 0 aliphatic carbocycles. The third-order valence-corrected chi connectivity index (χ3v) is 4.76. The Kier molecular flexibility index (Phi) is 4.62. The Bertz CT molecular complexity index is 783. The fourth-order valence-corrected chi connectivity index (χ4v) is 3.48. The fraction of sp³-hybridized carbons (Fsp3) is 0.300. The number of benzene rings is 2. The number of rotatable bonds is 4. The van der Waals surface area contributed by atoms with E-state index in [0.717, 1.165) is 17.0 Å². The van der Waals surface area contributed by atoms with Crippen LogP contribution < -0.4 is 9.64 Å². The van der Waals surface area contributed by atoms with E-state index in [-0.39, 0.29) is 11.9 Å². The maximum Gasteiger partial charge on any atom is 0.310 e. The first-order valence-corrected chi connectivity index (χ1v) is 8.11. The van der Waals surface area contributed by atoms with Crippen LogP contribution in [0.15, 0.2) is 54.6 Å². The lowest BCUT2D eigenvalue weighted by Gasteiger charge is -2.34. The van der Waals surface area contributed by atoms with Crippen molar-refractivity contribution in [2.75, 3.05) is 25.7 Å². The van der Waals surface area contributed by atoms with E-state index in [1.165, 1.54) is 7.11 Å². The molecule has 1 heterocycles. The summed E-state index contributed by atoms with van der Waals surface area (Å²) in [7, 11) is 3.00. The van der Waals surface area contributed by atoms with Gasteiger partial charge in [0.15, 0.2) is 5.54 Å². The molecule has 0 amide bonds. The van der Waals surface area contributed by atoms with Gasteiger partial charge in [-0.15, -0.1) is 0 Å². The monoisotopic (exact) mass is 336 g/mol. The van der Waals surface area contributed by atoms with Crippen molar-refractivity contribution in [2.45, 2.75) is 12.0 Å². The van der Waals surface area contributed by atoms with Gasteiger partial charge in [0.25, 0.3) is 0 Å². The quantitative estimate of drug-likeness (QED) is 0.803. The van der Waals surface area contributed by atoms with Crippen LogP contribution in [0, 0.1) is 17.2 Å². The minimum Gasteiger partial charge on any atom is -0.497 e. The summed E-state index contributed by atoms with van der Waals surface area (Å²) in [6.45, 7) is 0.432. The molecule has 1 aliphatic heterocycles. The predicted octanol–water partition coefficient (Wildman–Crippen LogP) is 3.11. The van der Waals surface area contributed by atoms with E-state index in [1.54, 1.807) is 7.11 Å². The number of carbonyl (C=O) groups is 1. The molecular formula is C20H20N2O3. The molecule has 2 aromatic rings. The topological polar surface area (TPSA) is 62.6 Å². The van der Waals surface area contributed by atoms with Gasteiger partial charge >= 0.3 is 5.97 Å². The first-order valence-electron chi connectivity index (χ1n) is 8.11. The van der Waals surface area contributed by atoms with E-state index in [1.807, 2.05) is 59.5 Å². The number of hydrogen-bond donors (Lipinski definition) is 0. The zero-order valence-electron chi connectivity index (χ0n) is 14.3. The molecule has 1 saturated heterocycles. The van der Waals surface area contributed by atoms with Crippen LogP contribution in [0.5, 0.6) is 5.75 Å². The number of ether oxygens (including phenoxy) is 2. The summed E-state index contributed by atoms with van der Waals surface area (Å²) < 4.78 is 10.1. The van der Waals surface area contributed by atoms with Gasteiger partial charge in [-0.3, -0.25) is 4.79 Å². The minimum atomic E-state index is -0.908. The number of methoxy groups -OCH3 is 2. The van der Waals surface area contributed by atoms with Crippen LogP contribution in [-0.2, 0) is 15.1 Å². The number of hydrogen-bond acceptors (Lipinski definition) is 5. The molecule has 1 aliphatic rings. The Balaban J connectivity index is 2.07. The van der Waals surface area contributed by atoms with Crippen LogP contribution in [0.4, 0.5) is 5.69 Å². The molecule has 1 fully saturated rings. The normalized spacial score (nSPS) is 22.3. The second-order valence-electron chi connectivity index (χ2n) is 6.07. The van der Waals surface area contributed by atoms with Crippen molar-refractivity contribution in [3.05, 3.63) is 60.2 Å². The van der Waals surface area contributed by atoms with Crippen molar-refractivity contribution < 1.29 is 14.3 Å². The molecule has 2 atom stereocenters. The second kappa shape index (κ2) is 6.86. The van der Waals surface area contributed by atoms with Crippen molar-refractivity contribution in [3.8, 4) is 11.8 Å². The number of esters is 1. The molecule has 128 valence electrons. The smallest absolute Gasteiger partial charge is 0.310 e. The highest BCUT2D eigenvalue weighted by Gasteiger charge is 2.50. The van der Waals surface area contributed by atoms with Gasteiger partial charge < -0.3 is 14.4 Å². The van der Waals surface area contributed by atoms with Gasteiger partial charge in [0.05, 0.1) is 26.2 Å². The van der Waals surface area contributed by atoms with Gasteiger partial charge in [-0.05, 0) is 29.8 Å². The Morgan fingerprint density at radius 1 is 1.16 bits per heavy atom. The molecule has 2 unspecified atom stereocenters. The van der Waals surface area contributed by atoms with Crippen LogP contribution in [0.3, 0.4) is 0 Å². The largest absolute Gasteiger partial charge is 0.497 e. The molecule has 25 heavy (non-hydrogen) atoms. The summed E-state index contributed by atoms with van der Waals surface area (Å²) in [4.78, 5) is 14.1. The van der Waals surface area contributed by atoms with Gasteiger partial charge in [-0.2, -0.15) is 5.26 Å². The van der Waals surface area contributed by atoms with Crippen LogP contribution >= 0.6 is 0 Å². The van der Waals surface area contributed by atoms with E-state index in [4.69, 9.17) is 9.47 Å². The summed E-state index contributed by atoms with van der Waals surface area (Å²) >= 11 is 0. The Morgan fingerprint density at radius 2 is 1.84 bits per heavy atom. The van der Waals surface area contributed by atoms with E-state index < -0.39 is 5.54 Å². The van der Waals surface area contributed by atoms with E-state index >= 15 is 0 Å². The minimum absolute atomic E-state index is 0.286. The van der Waals surface area contributed by atoms with Crippen LogP contribution in [0.1, 0.15) is 12.0 Å². The average molecular weight is 336 g/mol. The van der Waals surface area contributed by atoms with Gasteiger partial charge in [0.2, 0.25) is 0 Å². The highest BCUT2D eigenvalue weighted by atomic mass is 16.5. The molecule has 3 rings (SSSR count). The lowest BCUT2D eigenvalue weighted by molar-refractivity contribution is -0.144. The highest BCUT2D eigenvalue weighted by molar-refractivity contribution is 5.76. The number of carbonyl (C=O) groups excluding carboxylic acids is 1. The van der Waals surface area contributed by atoms with E-state index in [9.17, 15) is 10.1 Å². The Hall–Kier alpha value is -3.00. The van der Waals surface area contributed by atoms with Crippen LogP contribution in [0.25, 0.3) is 0 Å². The van der Waals surface area contributed by atoms with Gasteiger partial charge in [-0.25, -0.2) is 0 Å². The molecule has 5 nitrogen and oxygen atoms in total. The average Bonchev–Trinajstić information content (AvgIpc) is 3.09. The second-order valence-corrected chi connectivity index (χ2v) is 6.07. The molecule has 0 radical (unpaired) electrons. The van der Waals surface area contributed by atoms with Crippen molar-refractivity contribution in [1.29, 1.82) is 5.26 Å². The molecule has 0 aromatic heterocycles. The molecule has 0 N–H and O–H groups in total. The number of nitrogens with zero attached hydrogens (tertiary/aromatic N) is 2. The third-order valence-electron chi connectivity index (χ3n) is 4.76. The van der Waals surface area contributed by atoms with Crippen molar-refractivity contribution in [3.63, 3.8) is 0 Å². The zero-order chi connectivity index (χ0) is 17.9. The third kappa shape index (κ3) is 2.91. The maximum absolute atomic E-state index is 12.1. The summed E-state index contributed by atoms with van der Waals surface area (Å²) in [5, 5.41) is 10.1. The Labute approximate surface area is 147 Å². The molecule has 0 bridgehead atoms. The molecule has 2 aromatic carbocycles. The predicted molar refractivity (Wildman–Crippen MR) is 94.2 cm³/mol. The molecular weight excluding hydrogens is 316 g/mol. The molecule has 5 heteroatoms. The van der Waals surface area contributed by atoms with Crippen molar-refractivity contribution >= 4 is 11.7 Å². The first kappa shape index (κ1) is 16.8. The van der Waals surface area contributed by atoms with E-state index in [0.29, 0.717) is 13.0 Å². The lowest BCUT2D eigenvalue weighted by Crippen LogP contribution is -2.40. The first-order chi connectivity index (χ1) is 12.1. The molecule has 0 spiro atoms. The van der Waals surface area contributed by atoms with Crippen LogP contribution in [0.2, 0.25) is 0 Å². The lowest BCUT2D eigenvalue weighted by atomic mass is 9.86. The van der Waals surface area contributed by atoms with Gasteiger partial charge in [-0.1, -0.05) is 30.3 Å². The van der Waals surface area contributed by atoms with E-state index in [2.05, 4.69) is 6.07 Å². The van der Waals surface area contributed by atoms with Crippen molar-refractivity contribution in [2.24, 2.45) is 5.92 Å². The van der Waals surface area contributed by atoms with Crippen LogP contribution in [-0.4, -0.2) is 26.7 Å². The van der Waals surface area contributed by atoms with Gasteiger partial charge in [0, 0.05) is 18.7 Å². The number of nitriles is 1. The Morgan fingerprint density at radius 3 is 2.40 bits per heavy atom. The standard InChI is InChI=1S/C20H20N2O3/c1-24-18-10-8-17(9-11-18)22-13-15(19(23)25-2)12-20(22,14-21)16-6-4-3-5-7-16/h3-11,15H,12-13H2,1-2H3. The summed E-state index contributed by atoms with van der Waals surface area (Å²) in [6, 6.07) is 19.6. The van der Waals surface area contributed by atoms with Crippen molar-refractivity contribution in [1.82, 2.24) is 0 Å². The zero-order valence-corrected chi connectivity index (χ0v) is 14.3. The highest BCUT2D eigenvalue weighted by Crippen LogP contribution is 2.44. The van der Waals surface area contributed by atoms with Gasteiger partial charge in [0.1, 0.15) is 5.75 Å². The summed E-state index contributed by atoms with van der Waals surface area (Å²) in [5.74, 6) is 0.105. The SMILES string of the molecule is COC(=O)C1CN(c2ccc(OC)cc2)C(C#N)(c2ccccc2)C1. The fourth-order valence-electron chi connectivity index (χ4n) is 3.48.